The van der Waals surface area contributed by atoms with Gasteiger partial charge in [0, 0.05) is 12.6 Å². The molecule has 0 aliphatic carbocycles. The molecule has 0 fully saturated rings. The summed E-state index contributed by atoms with van der Waals surface area (Å²) < 4.78 is 0. The zero-order chi connectivity index (χ0) is 16.3. The number of carbonyl (C=O) groups excluding carboxylic acids is 1. The first kappa shape index (κ1) is 15.9. The van der Waals surface area contributed by atoms with Crippen LogP contribution in [-0.4, -0.2) is 22.6 Å². The first-order valence-electron chi connectivity index (χ1n) is 7.30. The van der Waals surface area contributed by atoms with E-state index < -0.39 is 0 Å². The maximum Gasteiger partial charge on any atom is 0.271 e. The number of H-pyrrole nitrogens is 1. The smallest absolute Gasteiger partial charge is 0.271 e. The molecule has 1 aromatic heterocycles. The van der Waals surface area contributed by atoms with Gasteiger partial charge < -0.3 is 5.32 Å². The monoisotopic (exact) mass is 299 g/mol. The van der Waals surface area contributed by atoms with Crippen LogP contribution in [0.4, 0.5) is 0 Å². The van der Waals surface area contributed by atoms with E-state index >= 15 is 0 Å². The summed E-state index contributed by atoms with van der Waals surface area (Å²) in [6.45, 7) is 8.97. The topological polar surface area (TPSA) is 74.8 Å². The van der Waals surface area contributed by atoms with Gasteiger partial charge in [-0.3, -0.25) is 9.59 Å². The molecule has 0 unspecified atom stereocenters. The van der Waals surface area contributed by atoms with Gasteiger partial charge in [0.05, 0.1) is 0 Å². The Labute approximate surface area is 129 Å². The van der Waals surface area contributed by atoms with E-state index in [4.69, 9.17) is 0 Å². The Morgan fingerprint density at radius 2 is 1.77 bits per heavy atom. The average molecular weight is 299 g/mol. The fourth-order valence-electron chi connectivity index (χ4n) is 2.54. The molecule has 22 heavy (non-hydrogen) atoms. The quantitative estimate of drug-likeness (QED) is 0.906. The Morgan fingerprint density at radius 3 is 2.32 bits per heavy atom. The Kier molecular flexibility index (Phi) is 4.75. The summed E-state index contributed by atoms with van der Waals surface area (Å²) in [4.78, 5) is 22.9. The van der Waals surface area contributed by atoms with Gasteiger partial charge >= 0.3 is 0 Å². The molecule has 0 saturated heterocycles. The van der Waals surface area contributed by atoms with E-state index in [0.717, 1.165) is 6.42 Å². The number of nitrogens with zero attached hydrogens (tertiary/aromatic N) is 1. The maximum absolute atomic E-state index is 12.0. The summed E-state index contributed by atoms with van der Waals surface area (Å²) in [6.07, 6.45) is 0.773. The zero-order valence-electron chi connectivity index (χ0n) is 13.4. The lowest BCUT2D eigenvalue weighted by atomic mass is 9.92. The SMILES string of the molecule is Cc1cc(C)c(C)c(CCNC(=O)c2ccc(=O)[nH]n2)c1C. The molecule has 5 heteroatoms. The van der Waals surface area contributed by atoms with Crippen molar-refractivity contribution in [1.29, 1.82) is 0 Å². The number of nitrogens with one attached hydrogen (secondary N) is 2. The van der Waals surface area contributed by atoms with Crippen LogP contribution in [0.25, 0.3) is 0 Å². The first-order chi connectivity index (χ1) is 10.4. The van der Waals surface area contributed by atoms with Crippen molar-refractivity contribution in [2.75, 3.05) is 6.54 Å². The third-order valence-electron chi connectivity index (χ3n) is 4.09. The number of carbonyl (C=O) groups is 1. The zero-order valence-corrected chi connectivity index (χ0v) is 13.4. The number of aromatic amines is 1. The van der Waals surface area contributed by atoms with Crippen LogP contribution in [0.15, 0.2) is 23.0 Å². The molecule has 0 aliphatic heterocycles. The van der Waals surface area contributed by atoms with E-state index in [2.05, 4.69) is 49.3 Å². The molecule has 116 valence electrons. The van der Waals surface area contributed by atoms with Crippen molar-refractivity contribution in [3.05, 3.63) is 62.1 Å². The van der Waals surface area contributed by atoms with Gasteiger partial charge in [0.1, 0.15) is 5.69 Å². The highest BCUT2D eigenvalue weighted by atomic mass is 16.2. The van der Waals surface area contributed by atoms with Gasteiger partial charge in [-0.1, -0.05) is 6.07 Å². The normalized spacial score (nSPS) is 10.5. The molecule has 0 atom stereocenters. The minimum Gasteiger partial charge on any atom is -0.350 e. The average Bonchev–Trinajstić information content (AvgIpc) is 2.49. The molecule has 0 saturated carbocycles. The molecule has 0 spiro atoms. The fraction of sp³-hybridized carbons (Fsp3) is 0.353. The largest absolute Gasteiger partial charge is 0.350 e. The summed E-state index contributed by atoms with van der Waals surface area (Å²) in [7, 11) is 0. The Balaban J connectivity index is 2.04. The van der Waals surface area contributed by atoms with Crippen molar-refractivity contribution >= 4 is 5.91 Å². The number of rotatable bonds is 4. The Bertz CT molecular complexity index is 716. The van der Waals surface area contributed by atoms with Gasteiger partial charge in [0.15, 0.2) is 0 Å². The molecule has 2 N–H and O–H groups in total. The highest BCUT2D eigenvalue weighted by Crippen LogP contribution is 2.21. The summed E-state index contributed by atoms with van der Waals surface area (Å²) in [5.41, 5.74) is 6.27. The van der Waals surface area contributed by atoms with Gasteiger partial charge in [0.2, 0.25) is 0 Å². The Hall–Kier alpha value is -2.43. The lowest BCUT2D eigenvalue weighted by molar-refractivity contribution is 0.0948. The lowest BCUT2D eigenvalue weighted by Gasteiger charge is -2.15. The number of hydrogen-bond donors (Lipinski definition) is 2. The van der Waals surface area contributed by atoms with E-state index in [1.807, 2.05) is 0 Å². The van der Waals surface area contributed by atoms with Gasteiger partial charge in [-0.25, -0.2) is 5.10 Å². The molecule has 1 amide bonds. The van der Waals surface area contributed by atoms with E-state index in [1.54, 1.807) is 0 Å². The van der Waals surface area contributed by atoms with Crippen LogP contribution in [0.1, 0.15) is 38.3 Å². The van der Waals surface area contributed by atoms with Crippen LogP contribution in [0.3, 0.4) is 0 Å². The van der Waals surface area contributed by atoms with Gasteiger partial charge in [0.25, 0.3) is 11.5 Å². The minimum absolute atomic E-state index is 0.216. The Morgan fingerprint density at radius 1 is 1.14 bits per heavy atom. The van der Waals surface area contributed by atoms with Crippen molar-refractivity contribution in [1.82, 2.24) is 15.5 Å². The minimum atomic E-state index is -0.321. The molecule has 1 aromatic carbocycles. The van der Waals surface area contributed by atoms with Crippen LogP contribution < -0.4 is 10.9 Å². The van der Waals surface area contributed by atoms with Crippen LogP contribution in [-0.2, 0) is 6.42 Å². The van der Waals surface area contributed by atoms with Crippen molar-refractivity contribution in [3.63, 3.8) is 0 Å². The van der Waals surface area contributed by atoms with E-state index in [-0.39, 0.29) is 17.2 Å². The van der Waals surface area contributed by atoms with E-state index in [1.165, 1.54) is 39.9 Å². The molecule has 2 rings (SSSR count). The number of amides is 1. The number of aromatic nitrogens is 2. The molecular formula is C17H21N3O2. The van der Waals surface area contributed by atoms with Crippen molar-refractivity contribution in [2.45, 2.75) is 34.1 Å². The number of aryl methyl sites for hydroxylation is 2. The number of hydrogen-bond acceptors (Lipinski definition) is 3. The number of benzene rings is 1. The van der Waals surface area contributed by atoms with Crippen LogP contribution in [0, 0.1) is 27.7 Å². The van der Waals surface area contributed by atoms with Gasteiger partial charge in [-0.05, 0) is 68.0 Å². The molecular weight excluding hydrogens is 278 g/mol. The summed E-state index contributed by atoms with van der Waals surface area (Å²) in [6, 6.07) is 4.90. The predicted molar refractivity (Wildman–Crippen MR) is 86.3 cm³/mol. The summed E-state index contributed by atoms with van der Waals surface area (Å²) in [5.74, 6) is -0.282. The first-order valence-corrected chi connectivity index (χ1v) is 7.30. The second kappa shape index (κ2) is 6.56. The fourth-order valence-corrected chi connectivity index (χ4v) is 2.54. The third-order valence-corrected chi connectivity index (χ3v) is 4.09. The van der Waals surface area contributed by atoms with E-state index in [9.17, 15) is 9.59 Å². The maximum atomic E-state index is 12.0. The third kappa shape index (κ3) is 3.42. The van der Waals surface area contributed by atoms with Crippen LogP contribution in [0.5, 0.6) is 0 Å². The summed E-state index contributed by atoms with van der Waals surface area (Å²) in [5, 5.41) is 8.81. The molecule has 1 heterocycles. The van der Waals surface area contributed by atoms with Crippen LogP contribution >= 0.6 is 0 Å². The molecule has 0 radical (unpaired) electrons. The molecule has 2 aromatic rings. The van der Waals surface area contributed by atoms with Gasteiger partial charge in [-0.2, -0.15) is 5.10 Å². The van der Waals surface area contributed by atoms with Crippen molar-refractivity contribution in [3.8, 4) is 0 Å². The highest BCUT2D eigenvalue weighted by Gasteiger charge is 2.10. The highest BCUT2D eigenvalue weighted by molar-refractivity contribution is 5.91. The molecule has 5 nitrogen and oxygen atoms in total. The summed E-state index contributed by atoms with van der Waals surface area (Å²) >= 11 is 0. The van der Waals surface area contributed by atoms with Crippen molar-refractivity contribution in [2.24, 2.45) is 0 Å². The lowest BCUT2D eigenvalue weighted by Crippen LogP contribution is -2.28. The standard InChI is InChI=1S/C17H21N3O2/c1-10-9-11(2)13(4)14(12(10)3)7-8-18-17(22)15-5-6-16(21)20-19-15/h5-6,9H,7-8H2,1-4H3,(H,18,22)(H,20,21). The van der Waals surface area contributed by atoms with E-state index in [0.29, 0.717) is 6.54 Å². The van der Waals surface area contributed by atoms with Crippen molar-refractivity contribution < 1.29 is 4.79 Å². The second-order valence-corrected chi connectivity index (χ2v) is 5.55. The molecule has 0 aliphatic rings. The molecule has 0 bridgehead atoms. The predicted octanol–water partition coefficient (Wildman–Crippen LogP) is 1.98. The van der Waals surface area contributed by atoms with Crippen LogP contribution in [0.2, 0.25) is 0 Å². The second-order valence-electron chi connectivity index (χ2n) is 5.55. The van der Waals surface area contributed by atoms with Gasteiger partial charge in [-0.15, -0.1) is 0 Å².